The molecule has 0 aliphatic heterocycles. The summed E-state index contributed by atoms with van der Waals surface area (Å²) in [6.07, 6.45) is 0. The zero-order chi connectivity index (χ0) is 14.5. The normalized spacial score (nSPS) is 11.3. The Labute approximate surface area is 111 Å². The van der Waals surface area contributed by atoms with E-state index in [4.69, 9.17) is 0 Å². The van der Waals surface area contributed by atoms with Gasteiger partial charge >= 0.3 is 5.97 Å². The van der Waals surface area contributed by atoms with Crippen LogP contribution in [0.2, 0.25) is 0 Å². The molecule has 106 valence electrons. The molecule has 0 aliphatic rings. The fourth-order valence-corrected chi connectivity index (χ4v) is 2.71. The minimum absolute atomic E-state index is 0.0884. The maximum Gasteiger partial charge on any atom is 0.340 e. The van der Waals surface area contributed by atoms with Gasteiger partial charge in [0.1, 0.15) is 5.82 Å². The summed E-state index contributed by atoms with van der Waals surface area (Å²) < 4.78 is 46.0. The van der Waals surface area contributed by atoms with Gasteiger partial charge in [0.05, 0.1) is 30.8 Å². The standard InChI is InChI=1S/C12H15FO5S/c1-17-5-6-19(15,16)8-9-3-4-10(11(13)7-9)12(14)18-2/h3-4,7H,5-6,8H2,1-2H3. The van der Waals surface area contributed by atoms with Gasteiger partial charge in [-0.1, -0.05) is 6.07 Å². The van der Waals surface area contributed by atoms with Crippen LogP contribution < -0.4 is 0 Å². The maximum atomic E-state index is 13.6. The summed E-state index contributed by atoms with van der Waals surface area (Å²) in [6, 6.07) is 3.62. The number of halogens is 1. The Morgan fingerprint density at radius 1 is 1.32 bits per heavy atom. The molecular formula is C12H15FO5S. The Balaban J connectivity index is 2.87. The van der Waals surface area contributed by atoms with Gasteiger partial charge in [-0.3, -0.25) is 0 Å². The van der Waals surface area contributed by atoms with Crippen LogP contribution in [0.3, 0.4) is 0 Å². The fraction of sp³-hybridized carbons (Fsp3) is 0.417. The number of hydrogen-bond donors (Lipinski definition) is 0. The molecular weight excluding hydrogens is 275 g/mol. The van der Waals surface area contributed by atoms with Gasteiger partial charge in [0.15, 0.2) is 9.84 Å². The molecule has 0 fully saturated rings. The van der Waals surface area contributed by atoms with Crippen LogP contribution in [0.15, 0.2) is 18.2 Å². The van der Waals surface area contributed by atoms with E-state index in [-0.39, 0.29) is 29.2 Å². The summed E-state index contributed by atoms with van der Waals surface area (Å²) in [6.45, 7) is 0.0884. The van der Waals surface area contributed by atoms with Crippen molar-refractivity contribution >= 4 is 15.8 Å². The van der Waals surface area contributed by atoms with Crippen molar-refractivity contribution < 1.29 is 27.1 Å². The SMILES string of the molecule is COCCS(=O)(=O)Cc1ccc(C(=O)OC)c(F)c1. The molecule has 0 saturated heterocycles. The molecule has 0 aliphatic carbocycles. The van der Waals surface area contributed by atoms with Gasteiger partial charge < -0.3 is 9.47 Å². The molecule has 5 nitrogen and oxygen atoms in total. The predicted octanol–water partition coefficient (Wildman–Crippen LogP) is 1.17. The molecule has 0 heterocycles. The van der Waals surface area contributed by atoms with Crippen molar-refractivity contribution in [2.75, 3.05) is 26.6 Å². The van der Waals surface area contributed by atoms with Crippen LogP contribution in [0.5, 0.6) is 0 Å². The van der Waals surface area contributed by atoms with Crippen LogP contribution in [0, 0.1) is 5.82 Å². The third-order valence-corrected chi connectivity index (χ3v) is 3.99. The highest BCUT2D eigenvalue weighted by Crippen LogP contribution is 2.14. The van der Waals surface area contributed by atoms with Crippen molar-refractivity contribution in [3.63, 3.8) is 0 Å². The largest absolute Gasteiger partial charge is 0.465 e. The lowest BCUT2D eigenvalue weighted by atomic mass is 10.1. The second-order valence-electron chi connectivity index (χ2n) is 3.89. The number of ether oxygens (including phenoxy) is 2. The Bertz CT molecular complexity index is 553. The van der Waals surface area contributed by atoms with Gasteiger partial charge in [0.2, 0.25) is 0 Å². The van der Waals surface area contributed by atoms with E-state index in [9.17, 15) is 17.6 Å². The van der Waals surface area contributed by atoms with Crippen molar-refractivity contribution in [1.82, 2.24) is 0 Å². The van der Waals surface area contributed by atoms with Crippen molar-refractivity contribution in [2.24, 2.45) is 0 Å². The quantitative estimate of drug-likeness (QED) is 0.736. The monoisotopic (exact) mass is 290 g/mol. The van der Waals surface area contributed by atoms with Crippen molar-refractivity contribution in [2.45, 2.75) is 5.75 Å². The van der Waals surface area contributed by atoms with Crippen LogP contribution in [-0.2, 0) is 25.1 Å². The predicted molar refractivity (Wildman–Crippen MR) is 67.1 cm³/mol. The minimum Gasteiger partial charge on any atom is -0.465 e. The van der Waals surface area contributed by atoms with Gasteiger partial charge in [0, 0.05) is 7.11 Å². The third kappa shape index (κ3) is 4.60. The van der Waals surface area contributed by atoms with E-state index in [0.29, 0.717) is 0 Å². The molecule has 1 rings (SSSR count). The molecule has 1 aromatic carbocycles. The average molecular weight is 290 g/mol. The summed E-state index contributed by atoms with van der Waals surface area (Å²) in [5, 5.41) is 0. The van der Waals surface area contributed by atoms with Gasteiger partial charge in [-0.15, -0.1) is 0 Å². The molecule has 0 atom stereocenters. The average Bonchev–Trinajstić information content (AvgIpc) is 2.35. The van der Waals surface area contributed by atoms with E-state index in [1.165, 1.54) is 19.2 Å². The van der Waals surface area contributed by atoms with Crippen LogP contribution in [0.25, 0.3) is 0 Å². The highest BCUT2D eigenvalue weighted by Gasteiger charge is 2.16. The van der Waals surface area contributed by atoms with Crippen LogP contribution in [0.4, 0.5) is 4.39 Å². The number of methoxy groups -OCH3 is 2. The van der Waals surface area contributed by atoms with Crippen molar-refractivity contribution in [3.8, 4) is 0 Å². The summed E-state index contributed by atoms with van der Waals surface area (Å²) in [5.41, 5.74) is 0.0572. The second-order valence-corrected chi connectivity index (χ2v) is 6.07. The number of esters is 1. The van der Waals surface area contributed by atoms with Crippen LogP contribution >= 0.6 is 0 Å². The van der Waals surface area contributed by atoms with Gasteiger partial charge in [0.25, 0.3) is 0 Å². The minimum atomic E-state index is -3.36. The van der Waals surface area contributed by atoms with Crippen LogP contribution in [-0.4, -0.2) is 41.0 Å². The molecule has 19 heavy (non-hydrogen) atoms. The molecule has 0 aromatic heterocycles. The lowest BCUT2D eigenvalue weighted by Crippen LogP contribution is -2.14. The molecule has 0 amide bonds. The number of carbonyl (C=O) groups excluding carboxylic acids is 1. The van der Waals surface area contributed by atoms with E-state index < -0.39 is 21.6 Å². The second kappa shape index (κ2) is 6.63. The molecule has 7 heteroatoms. The lowest BCUT2D eigenvalue weighted by Gasteiger charge is -2.06. The first-order valence-corrected chi connectivity index (χ1v) is 7.28. The first-order chi connectivity index (χ1) is 8.89. The van der Waals surface area contributed by atoms with E-state index in [1.54, 1.807) is 0 Å². The van der Waals surface area contributed by atoms with Crippen molar-refractivity contribution in [1.29, 1.82) is 0 Å². The number of sulfone groups is 1. The zero-order valence-corrected chi connectivity index (χ0v) is 11.5. The molecule has 0 radical (unpaired) electrons. The number of benzene rings is 1. The van der Waals surface area contributed by atoms with Gasteiger partial charge in [-0.05, 0) is 17.7 Å². The Kier molecular flexibility index (Phi) is 5.44. The van der Waals surface area contributed by atoms with E-state index in [0.717, 1.165) is 13.2 Å². The summed E-state index contributed by atoms with van der Waals surface area (Å²) in [5.74, 6) is -2.03. The van der Waals surface area contributed by atoms with Gasteiger partial charge in [-0.25, -0.2) is 17.6 Å². The highest BCUT2D eigenvalue weighted by atomic mass is 32.2. The third-order valence-electron chi connectivity index (χ3n) is 2.42. The first kappa shape index (κ1) is 15.6. The number of hydrogen-bond acceptors (Lipinski definition) is 5. The number of carbonyl (C=O) groups is 1. The molecule has 0 saturated carbocycles. The zero-order valence-electron chi connectivity index (χ0n) is 10.7. The summed E-state index contributed by atoms with van der Waals surface area (Å²) >= 11 is 0. The van der Waals surface area contributed by atoms with E-state index in [2.05, 4.69) is 9.47 Å². The Morgan fingerprint density at radius 2 is 2.00 bits per heavy atom. The van der Waals surface area contributed by atoms with Gasteiger partial charge in [-0.2, -0.15) is 0 Å². The highest BCUT2D eigenvalue weighted by molar-refractivity contribution is 7.90. The maximum absolute atomic E-state index is 13.6. The molecule has 0 N–H and O–H groups in total. The smallest absolute Gasteiger partial charge is 0.340 e. The number of rotatable bonds is 6. The van der Waals surface area contributed by atoms with Crippen molar-refractivity contribution in [3.05, 3.63) is 35.1 Å². The Hall–Kier alpha value is -1.47. The molecule has 0 bridgehead atoms. The topological polar surface area (TPSA) is 69.7 Å². The Morgan fingerprint density at radius 3 is 2.53 bits per heavy atom. The van der Waals surface area contributed by atoms with E-state index >= 15 is 0 Å². The van der Waals surface area contributed by atoms with Crippen LogP contribution in [0.1, 0.15) is 15.9 Å². The molecule has 0 spiro atoms. The summed E-state index contributed by atoms with van der Waals surface area (Å²) in [7, 11) is -0.813. The molecule has 1 aromatic rings. The molecule has 0 unspecified atom stereocenters. The first-order valence-electron chi connectivity index (χ1n) is 5.45. The lowest BCUT2D eigenvalue weighted by molar-refractivity contribution is 0.0595. The summed E-state index contributed by atoms with van der Waals surface area (Å²) in [4.78, 5) is 11.2. The van der Waals surface area contributed by atoms with E-state index in [1.807, 2.05) is 0 Å². The fourth-order valence-electron chi connectivity index (χ4n) is 1.46.